The minimum absolute atomic E-state index is 0.117. The maximum Gasteiger partial charge on any atom is 0.358 e. The molecule has 0 unspecified atom stereocenters. The Balaban J connectivity index is 2.75. The van der Waals surface area contributed by atoms with E-state index in [1.807, 2.05) is 0 Å². The number of thiazole rings is 1. The van der Waals surface area contributed by atoms with Gasteiger partial charge in [-0.1, -0.05) is 17.4 Å². The minimum Gasteiger partial charge on any atom is -0.461 e. The summed E-state index contributed by atoms with van der Waals surface area (Å²) < 4.78 is 4.87. The van der Waals surface area contributed by atoms with E-state index in [0.717, 1.165) is 0 Å². The first-order valence-corrected chi connectivity index (χ1v) is 6.20. The first-order valence-electron chi connectivity index (χ1n) is 5.39. The molecule has 0 saturated carbocycles. The summed E-state index contributed by atoms with van der Waals surface area (Å²) in [5.41, 5.74) is 5.77. The normalized spacial score (nSPS) is 10.6. The van der Waals surface area contributed by atoms with E-state index in [4.69, 9.17) is 10.5 Å². The number of nitrogens with zero attached hydrogens (tertiary/aromatic N) is 1. The standard InChI is InChI=1S/C11H15N3O3S/c1-3-17-10(16)9-8(18-11(12)14-9)5-4-6-13-7(2)15/h4-5H,3,6H2,1-2H3,(H2,12,14)(H,13,15). The van der Waals surface area contributed by atoms with Crippen molar-refractivity contribution in [2.24, 2.45) is 0 Å². The highest BCUT2D eigenvalue weighted by Gasteiger charge is 2.16. The molecule has 0 aliphatic carbocycles. The fraction of sp³-hybridized carbons (Fsp3) is 0.364. The van der Waals surface area contributed by atoms with Crippen LogP contribution in [0.1, 0.15) is 29.2 Å². The predicted molar refractivity (Wildman–Crippen MR) is 70.2 cm³/mol. The van der Waals surface area contributed by atoms with Gasteiger partial charge in [-0.2, -0.15) is 0 Å². The molecule has 0 spiro atoms. The topological polar surface area (TPSA) is 94.3 Å². The Hall–Kier alpha value is -1.89. The molecule has 0 fully saturated rings. The van der Waals surface area contributed by atoms with Gasteiger partial charge in [0.1, 0.15) is 0 Å². The quantitative estimate of drug-likeness (QED) is 0.779. The fourth-order valence-corrected chi connectivity index (χ4v) is 1.93. The van der Waals surface area contributed by atoms with Crippen molar-refractivity contribution in [3.63, 3.8) is 0 Å². The van der Waals surface area contributed by atoms with Crippen molar-refractivity contribution in [2.75, 3.05) is 18.9 Å². The van der Waals surface area contributed by atoms with Crippen LogP contribution in [0.5, 0.6) is 0 Å². The van der Waals surface area contributed by atoms with Gasteiger partial charge >= 0.3 is 5.97 Å². The summed E-state index contributed by atoms with van der Waals surface area (Å²) in [5.74, 6) is -0.612. The molecule has 98 valence electrons. The molecule has 1 aromatic heterocycles. The second-order valence-corrected chi connectivity index (χ2v) is 4.39. The van der Waals surface area contributed by atoms with Gasteiger partial charge in [-0.05, 0) is 13.0 Å². The average Bonchev–Trinajstić information content (AvgIpc) is 2.66. The number of rotatable bonds is 5. The lowest BCUT2D eigenvalue weighted by Crippen LogP contribution is -2.19. The molecule has 0 aliphatic rings. The van der Waals surface area contributed by atoms with Crippen molar-refractivity contribution in [3.8, 4) is 0 Å². The van der Waals surface area contributed by atoms with Crippen LogP contribution in [-0.2, 0) is 9.53 Å². The van der Waals surface area contributed by atoms with Crippen LogP contribution in [0, 0.1) is 0 Å². The number of carbonyl (C=O) groups is 2. The highest BCUT2D eigenvalue weighted by atomic mass is 32.1. The molecule has 7 heteroatoms. The van der Waals surface area contributed by atoms with E-state index in [-0.39, 0.29) is 18.2 Å². The van der Waals surface area contributed by atoms with E-state index in [2.05, 4.69) is 10.3 Å². The molecule has 0 radical (unpaired) electrons. The fourth-order valence-electron chi connectivity index (χ4n) is 1.18. The van der Waals surface area contributed by atoms with Gasteiger partial charge in [0.15, 0.2) is 10.8 Å². The van der Waals surface area contributed by atoms with Crippen LogP contribution >= 0.6 is 11.3 Å². The van der Waals surface area contributed by atoms with Crippen LogP contribution in [0.4, 0.5) is 5.13 Å². The highest BCUT2D eigenvalue weighted by Crippen LogP contribution is 2.22. The predicted octanol–water partition coefficient (Wildman–Crippen LogP) is 1.05. The number of anilines is 1. The van der Waals surface area contributed by atoms with Crippen LogP contribution in [-0.4, -0.2) is 30.0 Å². The molecule has 0 bridgehead atoms. The lowest BCUT2D eigenvalue weighted by Gasteiger charge is -1.99. The number of nitrogens with two attached hydrogens (primary N) is 1. The van der Waals surface area contributed by atoms with E-state index in [1.54, 1.807) is 19.1 Å². The molecule has 0 saturated heterocycles. The number of carbonyl (C=O) groups excluding carboxylic acids is 2. The second-order valence-electron chi connectivity index (χ2n) is 3.32. The zero-order chi connectivity index (χ0) is 13.5. The van der Waals surface area contributed by atoms with Crippen molar-refractivity contribution in [2.45, 2.75) is 13.8 Å². The van der Waals surface area contributed by atoms with Crippen molar-refractivity contribution < 1.29 is 14.3 Å². The summed E-state index contributed by atoms with van der Waals surface area (Å²) in [7, 11) is 0. The van der Waals surface area contributed by atoms with Gasteiger partial charge in [0.25, 0.3) is 0 Å². The van der Waals surface area contributed by atoms with Gasteiger partial charge in [0, 0.05) is 13.5 Å². The van der Waals surface area contributed by atoms with Crippen molar-refractivity contribution >= 4 is 34.4 Å². The summed E-state index contributed by atoms with van der Waals surface area (Å²) in [4.78, 5) is 26.8. The number of amides is 1. The van der Waals surface area contributed by atoms with E-state index < -0.39 is 5.97 Å². The number of hydrogen-bond acceptors (Lipinski definition) is 6. The number of aromatic nitrogens is 1. The van der Waals surface area contributed by atoms with Crippen LogP contribution in [0.15, 0.2) is 6.08 Å². The summed E-state index contributed by atoms with van der Waals surface area (Å²) in [6.45, 7) is 3.82. The summed E-state index contributed by atoms with van der Waals surface area (Å²) in [6.07, 6.45) is 3.41. The second kappa shape index (κ2) is 6.75. The van der Waals surface area contributed by atoms with Crippen LogP contribution < -0.4 is 11.1 Å². The monoisotopic (exact) mass is 269 g/mol. The third-order valence-electron chi connectivity index (χ3n) is 1.88. The molecule has 0 aliphatic heterocycles. The highest BCUT2D eigenvalue weighted by molar-refractivity contribution is 7.16. The average molecular weight is 269 g/mol. The third-order valence-corrected chi connectivity index (χ3v) is 2.73. The van der Waals surface area contributed by atoms with Crippen LogP contribution in [0.3, 0.4) is 0 Å². The van der Waals surface area contributed by atoms with Gasteiger partial charge < -0.3 is 15.8 Å². The molecule has 6 nitrogen and oxygen atoms in total. The number of nitrogen functional groups attached to an aromatic ring is 1. The molecule has 0 atom stereocenters. The molecule has 0 aromatic carbocycles. The summed E-state index contributed by atoms with van der Waals surface area (Å²) in [6, 6.07) is 0. The number of hydrogen-bond donors (Lipinski definition) is 2. The van der Waals surface area contributed by atoms with Gasteiger partial charge in [0.2, 0.25) is 5.91 Å². The molecule has 1 aromatic rings. The minimum atomic E-state index is -0.496. The summed E-state index contributed by atoms with van der Waals surface area (Å²) >= 11 is 1.19. The lowest BCUT2D eigenvalue weighted by molar-refractivity contribution is -0.118. The Bertz CT molecular complexity index is 468. The molecule has 1 heterocycles. The van der Waals surface area contributed by atoms with Crippen LogP contribution in [0.2, 0.25) is 0 Å². The number of nitrogens with one attached hydrogen (secondary N) is 1. The largest absolute Gasteiger partial charge is 0.461 e. The van der Waals surface area contributed by atoms with Crippen molar-refractivity contribution in [1.82, 2.24) is 10.3 Å². The maximum absolute atomic E-state index is 11.6. The Morgan fingerprint density at radius 3 is 2.89 bits per heavy atom. The first-order chi connectivity index (χ1) is 8.54. The molecule has 1 rings (SSSR count). The third kappa shape index (κ3) is 4.17. The van der Waals surface area contributed by atoms with Crippen molar-refractivity contribution in [3.05, 3.63) is 16.6 Å². The smallest absolute Gasteiger partial charge is 0.358 e. The van der Waals surface area contributed by atoms with Gasteiger partial charge in [-0.25, -0.2) is 9.78 Å². The zero-order valence-corrected chi connectivity index (χ0v) is 11.0. The molecular weight excluding hydrogens is 254 g/mol. The van der Waals surface area contributed by atoms with Crippen molar-refractivity contribution in [1.29, 1.82) is 0 Å². The maximum atomic E-state index is 11.6. The number of ether oxygens (including phenoxy) is 1. The zero-order valence-electron chi connectivity index (χ0n) is 10.2. The Morgan fingerprint density at radius 1 is 1.56 bits per heavy atom. The molecule has 3 N–H and O–H groups in total. The van der Waals surface area contributed by atoms with Gasteiger partial charge in [-0.3, -0.25) is 4.79 Å². The lowest BCUT2D eigenvalue weighted by atomic mass is 10.3. The molecular formula is C11H15N3O3S. The van der Waals surface area contributed by atoms with Gasteiger partial charge in [-0.15, -0.1) is 0 Å². The van der Waals surface area contributed by atoms with Gasteiger partial charge in [0.05, 0.1) is 11.5 Å². The van der Waals surface area contributed by atoms with E-state index >= 15 is 0 Å². The van der Waals surface area contributed by atoms with E-state index in [0.29, 0.717) is 16.6 Å². The Morgan fingerprint density at radius 2 is 2.28 bits per heavy atom. The Kier molecular flexibility index (Phi) is 5.31. The molecule has 18 heavy (non-hydrogen) atoms. The molecule has 1 amide bonds. The van der Waals surface area contributed by atoms with E-state index in [9.17, 15) is 9.59 Å². The summed E-state index contributed by atoms with van der Waals surface area (Å²) in [5, 5.41) is 2.91. The van der Waals surface area contributed by atoms with Crippen LogP contribution in [0.25, 0.3) is 6.08 Å². The SMILES string of the molecule is CCOC(=O)c1nc(N)sc1C=CCNC(C)=O. The van der Waals surface area contributed by atoms with E-state index in [1.165, 1.54) is 18.3 Å². The number of esters is 1. The first kappa shape index (κ1) is 14.2. The Labute approximate surface area is 109 Å².